The second-order valence-electron chi connectivity index (χ2n) is 5.59. The van der Waals surface area contributed by atoms with Crippen molar-refractivity contribution >= 4 is 27.3 Å². The van der Waals surface area contributed by atoms with Gasteiger partial charge in [-0.1, -0.05) is 13.8 Å². The summed E-state index contributed by atoms with van der Waals surface area (Å²) < 4.78 is 1.16. The van der Waals surface area contributed by atoms with E-state index in [0.717, 1.165) is 16.9 Å². The van der Waals surface area contributed by atoms with Gasteiger partial charge in [-0.3, -0.25) is 0 Å². The highest BCUT2D eigenvalue weighted by Crippen LogP contribution is 2.32. The van der Waals surface area contributed by atoms with Gasteiger partial charge in [0.15, 0.2) is 0 Å². The lowest BCUT2D eigenvalue weighted by atomic mass is 9.90. The first-order valence-electron chi connectivity index (χ1n) is 5.65. The Labute approximate surface area is 116 Å². The highest BCUT2D eigenvalue weighted by molar-refractivity contribution is 9.11. The molecule has 0 bridgehead atoms. The largest absolute Gasteiger partial charge is 0.314 e. The SMILES string of the molecule is CC(C)(C#N)CNCC(C)(C)c1ccc(Br)s1. The van der Waals surface area contributed by atoms with Crippen molar-refractivity contribution in [2.45, 2.75) is 33.1 Å². The number of halogens is 1. The van der Waals surface area contributed by atoms with Crippen molar-refractivity contribution in [2.24, 2.45) is 5.41 Å². The fourth-order valence-electron chi connectivity index (χ4n) is 1.49. The maximum atomic E-state index is 8.95. The van der Waals surface area contributed by atoms with Gasteiger partial charge in [-0.15, -0.1) is 11.3 Å². The van der Waals surface area contributed by atoms with Gasteiger partial charge >= 0.3 is 0 Å². The number of hydrogen-bond donors (Lipinski definition) is 1. The van der Waals surface area contributed by atoms with Gasteiger partial charge in [0.2, 0.25) is 0 Å². The van der Waals surface area contributed by atoms with Gasteiger partial charge in [0.1, 0.15) is 0 Å². The predicted molar refractivity (Wildman–Crippen MR) is 77.3 cm³/mol. The molecule has 17 heavy (non-hydrogen) atoms. The Morgan fingerprint density at radius 1 is 1.29 bits per heavy atom. The first-order valence-corrected chi connectivity index (χ1v) is 7.26. The number of nitriles is 1. The van der Waals surface area contributed by atoms with Crippen LogP contribution < -0.4 is 5.32 Å². The third-order valence-electron chi connectivity index (χ3n) is 2.68. The fourth-order valence-corrected chi connectivity index (χ4v) is 2.98. The monoisotopic (exact) mass is 314 g/mol. The molecule has 0 amide bonds. The molecular formula is C13H19BrN2S. The molecule has 4 heteroatoms. The molecular weight excluding hydrogens is 296 g/mol. The van der Waals surface area contributed by atoms with Gasteiger partial charge in [-0.05, 0) is 41.9 Å². The van der Waals surface area contributed by atoms with Gasteiger partial charge in [0.05, 0.1) is 15.3 Å². The molecule has 0 atom stereocenters. The van der Waals surface area contributed by atoms with E-state index in [2.05, 4.69) is 53.3 Å². The molecule has 1 aromatic rings. The summed E-state index contributed by atoms with van der Waals surface area (Å²) in [5.41, 5.74) is -0.200. The predicted octanol–water partition coefficient (Wildman–Crippen LogP) is 3.93. The summed E-state index contributed by atoms with van der Waals surface area (Å²) in [6.07, 6.45) is 0. The second-order valence-corrected chi connectivity index (χ2v) is 8.05. The molecule has 0 aromatic carbocycles. The smallest absolute Gasteiger partial charge is 0.0701 e. The van der Waals surface area contributed by atoms with Crippen LogP contribution in [0.5, 0.6) is 0 Å². The zero-order valence-corrected chi connectivity index (χ0v) is 13.2. The molecule has 0 unspecified atom stereocenters. The average Bonchev–Trinajstić information content (AvgIpc) is 2.65. The van der Waals surface area contributed by atoms with Gasteiger partial charge in [-0.25, -0.2) is 0 Å². The number of nitrogens with zero attached hydrogens (tertiary/aromatic N) is 1. The minimum Gasteiger partial charge on any atom is -0.314 e. The zero-order chi connectivity index (χ0) is 13.1. The number of thiophene rings is 1. The summed E-state index contributed by atoms with van der Waals surface area (Å²) in [5, 5.41) is 12.3. The van der Waals surface area contributed by atoms with Crippen molar-refractivity contribution in [3.63, 3.8) is 0 Å². The Kier molecular flexibility index (Phi) is 4.77. The van der Waals surface area contributed by atoms with Crippen molar-refractivity contribution in [3.8, 4) is 6.07 Å². The van der Waals surface area contributed by atoms with Crippen molar-refractivity contribution in [2.75, 3.05) is 13.1 Å². The highest BCUT2D eigenvalue weighted by Gasteiger charge is 2.24. The lowest BCUT2D eigenvalue weighted by Gasteiger charge is -2.26. The Morgan fingerprint density at radius 2 is 1.94 bits per heavy atom. The van der Waals surface area contributed by atoms with Gasteiger partial charge in [0, 0.05) is 23.4 Å². The van der Waals surface area contributed by atoms with Crippen LogP contribution in [0, 0.1) is 16.7 Å². The number of hydrogen-bond acceptors (Lipinski definition) is 3. The minimum absolute atomic E-state index is 0.0994. The van der Waals surface area contributed by atoms with Crippen LogP contribution in [0.2, 0.25) is 0 Å². The standard InChI is InChI=1S/C13H19BrN2S/c1-12(2,7-15)8-16-9-13(3,4)10-5-6-11(14)17-10/h5-6,16H,8-9H2,1-4H3. The summed E-state index contributed by atoms with van der Waals surface area (Å²) in [4.78, 5) is 1.35. The van der Waals surface area contributed by atoms with Crippen molar-refractivity contribution in [1.82, 2.24) is 5.32 Å². The third-order valence-corrected chi connectivity index (χ3v) is 4.67. The van der Waals surface area contributed by atoms with E-state index in [4.69, 9.17) is 5.26 Å². The molecule has 0 radical (unpaired) electrons. The lowest BCUT2D eigenvalue weighted by Crippen LogP contribution is -2.37. The molecule has 2 nitrogen and oxygen atoms in total. The van der Waals surface area contributed by atoms with Crippen LogP contribution in [0.3, 0.4) is 0 Å². The zero-order valence-electron chi connectivity index (χ0n) is 10.8. The molecule has 0 aliphatic rings. The molecule has 1 aromatic heterocycles. The van der Waals surface area contributed by atoms with Crippen LogP contribution in [-0.2, 0) is 5.41 Å². The van der Waals surface area contributed by atoms with Crippen LogP contribution in [0.4, 0.5) is 0 Å². The number of nitrogens with one attached hydrogen (secondary N) is 1. The van der Waals surface area contributed by atoms with E-state index in [-0.39, 0.29) is 10.8 Å². The van der Waals surface area contributed by atoms with Crippen molar-refractivity contribution in [1.29, 1.82) is 5.26 Å². The van der Waals surface area contributed by atoms with Crippen LogP contribution in [0.15, 0.2) is 15.9 Å². The Bertz CT molecular complexity index is 415. The Hall–Kier alpha value is -0.370. The summed E-state index contributed by atoms with van der Waals surface area (Å²) in [6, 6.07) is 6.55. The van der Waals surface area contributed by atoms with Gasteiger partial charge in [0.25, 0.3) is 0 Å². The quantitative estimate of drug-likeness (QED) is 0.894. The van der Waals surface area contributed by atoms with E-state index in [1.54, 1.807) is 11.3 Å². The lowest BCUT2D eigenvalue weighted by molar-refractivity contribution is 0.400. The molecule has 0 saturated carbocycles. The first-order chi connectivity index (χ1) is 7.77. The van der Waals surface area contributed by atoms with Crippen LogP contribution in [0.25, 0.3) is 0 Å². The normalized spacial score (nSPS) is 12.5. The van der Waals surface area contributed by atoms with E-state index < -0.39 is 0 Å². The van der Waals surface area contributed by atoms with Gasteiger partial charge < -0.3 is 5.32 Å². The van der Waals surface area contributed by atoms with Crippen LogP contribution >= 0.6 is 27.3 Å². The first kappa shape index (κ1) is 14.7. The van der Waals surface area contributed by atoms with Crippen molar-refractivity contribution in [3.05, 3.63) is 20.8 Å². The van der Waals surface area contributed by atoms with E-state index in [9.17, 15) is 0 Å². The second kappa shape index (κ2) is 5.51. The average molecular weight is 315 g/mol. The van der Waals surface area contributed by atoms with Crippen LogP contribution in [-0.4, -0.2) is 13.1 Å². The molecule has 0 saturated heterocycles. The Morgan fingerprint density at radius 3 is 2.41 bits per heavy atom. The topological polar surface area (TPSA) is 35.8 Å². The van der Waals surface area contributed by atoms with E-state index in [0.29, 0.717) is 0 Å². The summed E-state index contributed by atoms with van der Waals surface area (Å²) >= 11 is 5.26. The molecule has 0 fully saturated rings. The molecule has 0 aliphatic carbocycles. The van der Waals surface area contributed by atoms with Crippen molar-refractivity contribution < 1.29 is 0 Å². The maximum Gasteiger partial charge on any atom is 0.0701 e. The highest BCUT2D eigenvalue weighted by atomic mass is 79.9. The molecule has 1 N–H and O–H groups in total. The fraction of sp³-hybridized carbons (Fsp3) is 0.615. The molecule has 1 heterocycles. The Balaban J connectivity index is 2.54. The maximum absolute atomic E-state index is 8.95. The van der Waals surface area contributed by atoms with E-state index in [1.807, 2.05) is 13.8 Å². The third kappa shape index (κ3) is 4.42. The van der Waals surface area contributed by atoms with Crippen LogP contribution in [0.1, 0.15) is 32.6 Å². The summed E-state index contributed by atoms with van der Waals surface area (Å²) in [7, 11) is 0. The number of rotatable bonds is 5. The minimum atomic E-state index is -0.299. The molecule has 0 spiro atoms. The van der Waals surface area contributed by atoms with E-state index in [1.165, 1.54) is 4.88 Å². The summed E-state index contributed by atoms with van der Waals surface area (Å²) in [5.74, 6) is 0. The molecule has 94 valence electrons. The summed E-state index contributed by atoms with van der Waals surface area (Å²) in [6.45, 7) is 9.95. The molecule has 1 rings (SSSR count). The van der Waals surface area contributed by atoms with Gasteiger partial charge in [-0.2, -0.15) is 5.26 Å². The molecule has 0 aliphatic heterocycles. The van der Waals surface area contributed by atoms with E-state index >= 15 is 0 Å².